The number of carbonyl (C=O) groups is 2. The van der Waals surface area contributed by atoms with Crippen LogP contribution in [0.4, 0.5) is 21.7 Å². The number of nitrogens with one attached hydrogen (secondary N) is 3. The van der Waals surface area contributed by atoms with Gasteiger partial charge in [-0.2, -0.15) is 4.98 Å². The largest absolute Gasteiger partial charge is 0.493 e. The number of piperazine rings is 1. The van der Waals surface area contributed by atoms with E-state index in [-0.39, 0.29) is 46.6 Å². The van der Waals surface area contributed by atoms with Crippen LogP contribution in [0.2, 0.25) is 0 Å². The second kappa shape index (κ2) is 17.1. The van der Waals surface area contributed by atoms with Crippen molar-refractivity contribution in [1.82, 2.24) is 25.1 Å². The molecular weight excluding hydrogens is 653 g/mol. The molecule has 0 bridgehead atoms. The maximum Gasteiger partial charge on any atom is 0.262 e. The van der Waals surface area contributed by atoms with Crippen LogP contribution in [0.15, 0.2) is 60.8 Å². The normalized spacial score (nSPS) is 13.5. The predicted molar refractivity (Wildman–Crippen MR) is 195 cm³/mol. The minimum atomic E-state index is -0.535. The Balaban J connectivity index is 1.35. The summed E-state index contributed by atoms with van der Waals surface area (Å²) in [6, 6.07) is 14.9. The molecule has 5 rings (SSSR count). The predicted octanol–water partition coefficient (Wildman–Crippen LogP) is 6.18. The topological polar surface area (TPSA) is 130 Å². The van der Waals surface area contributed by atoms with Crippen LogP contribution >= 0.6 is 0 Å². The molecular formula is C38H46FN7O5. The highest BCUT2D eigenvalue weighted by molar-refractivity contribution is 6.06. The van der Waals surface area contributed by atoms with E-state index >= 15 is 4.39 Å². The second-order valence-corrected chi connectivity index (χ2v) is 12.8. The number of likely N-dealkylation sites (N-methyl/N-ethyl adjacent to an activating group) is 1. The van der Waals surface area contributed by atoms with Gasteiger partial charge in [-0.1, -0.05) is 18.2 Å². The van der Waals surface area contributed by atoms with Crippen molar-refractivity contribution in [2.45, 2.75) is 40.2 Å². The molecule has 12 nitrogen and oxygen atoms in total. The van der Waals surface area contributed by atoms with E-state index in [0.717, 1.165) is 50.3 Å². The molecule has 0 saturated carbocycles. The number of para-hydroxylation sites is 1. The van der Waals surface area contributed by atoms with Crippen molar-refractivity contribution in [3.63, 3.8) is 0 Å². The summed E-state index contributed by atoms with van der Waals surface area (Å²) in [6.07, 6.45) is 2.13. The third-order valence-corrected chi connectivity index (χ3v) is 8.43. The number of rotatable bonds is 14. The second-order valence-electron chi connectivity index (χ2n) is 12.8. The number of methoxy groups -OCH3 is 1. The summed E-state index contributed by atoms with van der Waals surface area (Å²) in [5, 5.41) is 8.78. The highest BCUT2D eigenvalue weighted by atomic mass is 19.1. The Kier molecular flexibility index (Phi) is 12.4. The first kappa shape index (κ1) is 37.0. The van der Waals surface area contributed by atoms with E-state index in [1.807, 2.05) is 45.9 Å². The van der Waals surface area contributed by atoms with Crippen LogP contribution in [-0.4, -0.2) is 91.1 Å². The average Bonchev–Trinajstić information content (AvgIpc) is 3.10. The first-order valence-corrected chi connectivity index (χ1v) is 17.0. The number of ether oxygens (including phenoxy) is 3. The molecule has 1 aromatic heterocycles. The molecule has 2 heterocycles. The Morgan fingerprint density at radius 1 is 0.941 bits per heavy atom. The average molecular weight is 700 g/mol. The van der Waals surface area contributed by atoms with Crippen LogP contribution in [0, 0.1) is 19.7 Å². The lowest BCUT2D eigenvalue weighted by Gasteiger charge is -2.32. The molecule has 1 saturated heterocycles. The fourth-order valence-electron chi connectivity index (χ4n) is 5.56. The third kappa shape index (κ3) is 9.92. The van der Waals surface area contributed by atoms with Gasteiger partial charge in [0.1, 0.15) is 5.56 Å². The molecule has 0 spiro atoms. The van der Waals surface area contributed by atoms with Gasteiger partial charge in [-0.15, -0.1) is 0 Å². The molecule has 0 aliphatic carbocycles. The molecule has 0 atom stereocenters. The smallest absolute Gasteiger partial charge is 0.262 e. The summed E-state index contributed by atoms with van der Waals surface area (Å²) < 4.78 is 32.5. The molecule has 1 fully saturated rings. The van der Waals surface area contributed by atoms with Crippen molar-refractivity contribution >= 4 is 29.1 Å². The van der Waals surface area contributed by atoms with E-state index in [2.05, 4.69) is 42.8 Å². The summed E-state index contributed by atoms with van der Waals surface area (Å²) in [5.41, 5.74) is 3.20. The van der Waals surface area contributed by atoms with Gasteiger partial charge < -0.3 is 40.0 Å². The molecule has 2 amide bonds. The number of aryl methyl sites for hydroxylation is 2. The van der Waals surface area contributed by atoms with Crippen molar-refractivity contribution in [3.8, 4) is 23.1 Å². The molecule has 1 aliphatic rings. The zero-order valence-corrected chi connectivity index (χ0v) is 30.0. The highest BCUT2D eigenvalue weighted by Crippen LogP contribution is 2.34. The Hall–Kier alpha value is -5.27. The first-order valence-electron chi connectivity index (χ1n) is 17.0. The summed E-state index contributed by atoms with van der Waals surface area (Å²) in [4.78, 5) is 39.8. The molecule has 1 aliphatic heterocycles. The number of benzene rings is 3. The van der Waals surface area contributed by atoms with Gasteiger partial charge in [-0.3, -0.25) is 9.59 Å². The van der Waals surface area contributed by atoms with E-state index in [0.29, 0.717) is 23.5 Å². The van der Waals surface area contributed by atoms with Crippen LogP contribution < -0.4 is 30.2 Å². The van der Waals surface area contributed by atoms with Gasteiger partial charge in [0.2, 0.25) is 11.8 Å². The number of anilines is 3. The maximum atomic E-state index is 15.1. The number of hydrogen-bond donors (Lipinski definition) is 3. The number of carbonyl (C=O) groups excluding carboxylic acids is 2. The van der Waals surface area contributed by atoms with Gasteiger partial charge in [-0.25, -0.2) is 9.37 Å². The first-order chi connectivity index (χ1) is 24.5. The van der Waals surface area contributed by atoms with Crippen molar-refractivity contribution in [3.05, 3.63) is 88.9 Å². The minimum Gasteiger partial charge on any atom is -0.493 e. The van der Waals surface area contributed by atoms with E-state index in [1.54, 1.807) is 30.3 Å². The third-order valence-electron chi connectivity index (χ3n) is 8.43. The van der Waals surface area contributed by atoms with E-state index in [9.17, 15) is 9.59 Å². The fraction of sp³-hybridized carbons (Fsp3) is 0.368. The van der Waals surface area contributed by atoms with Gasteiger partial charge in [0, 0.05) is 68.0 Å². The highest BCUT2D eigenvalue weighted by Gasteiger charge is 2.22. The molecule has 270 valence electrons. The maximum absolute atomic E-state index is 15.1. The summed E-state index contributed by atoms with van der Waals surface area (Å²) in [5.74, 6) is -0.721. The summed E-state index contributed by atoms with van der Waals surface area (Å²) >= 11 is 0. The molecule has 13 heteroatoms. The number of hydrogen-bond acceptors (Lipinski definition) is 10. The zero-order chi connectivity index (χ0) is 36.5. The van der Waals surface area contributed by atoms with Crippen molar-refractivity contribution in [2.75, 3.05) is 64.1 Å². The minimum absolute atomic E-state index is 0.0402. The summed E-state index contributed by atoms with van der Waals surface area (Å²) in [7, 11) is 3.57. The quantitative estimate of drug-likeness (QED) is 0.131. The van der Waals surface area contributed by atoms with E-state index in [1.165, 1.54) is 19.4 Å². The lowest BCUT2D eigenvalue weighted by molar-refractivity contribution is 0.0942. The zero-order valence-electron chi connectivity index (χ0n) is 30.0. The van der Waals surface area contributed by atoms with Crippen LogP contribution in [0.3, 0.4) is 0 Å². The Morgan fingerprint density at radius 2 is 1.67 bits per heavy atom. The van der Waals surface area contributed by atoms with Gasteiger partial charge in [0.25, 0.3) is 11.8 Å². The molecule has 4 aromatic rings. The lowest BCUT2D eigenvalue weighted by Crippen LogP contribution is -2.44. The standard InChI is InChI=1S/C38H46FN7O5/c1-24(2)41-35(47)27-11-13-32(33(21-27)49-6)51-37-29(36(48)43-34-25(3)9-7-10-26(34)4)23-40-38(44-37)42-28-12-14-31(30(39)22-28)50-20-8-15-46-18-16-45(5)17-19-46/h7,9-14,21-24H,8,15-20H2,1-6H3,(H,41,47)(H,43,48)(H,40,42,44). The lowest BCUT2D eigenvalue weighted by atomic mass is 10.1. The van der Waals surface area contributed by atoms with Crippen molar-refractivity contribution in [1.29, 1.82) is 0 Å². The molecule has 3 N–H and O–H groups in total. The SMILES string of the molecule is COc1cc(C(=O)NC(C)C)ccc1Oc1nc(Nc2ccc(OCCCN3CCN(C)CC3)c(F)c2)ncc1C(=O)Nc1c(C)cccc1C. The van der Waals surface area contributed by atoms with Crippen LogP contribution in [-0.2, 0) is 0 Å². The fourth-order valence-corrected chi connectivity index (χ4v) is 5.56. The van der Waals surface area contributed by atoms with Crippen LogP contribution in [0.25, 0.3) is 0 Å². The number of aromatic nitrogens is 2. The summed E-state index contributed by atoms with van der Waals surface area (Å²) in [6.45, 7) is 13.0. The van der Waals surface area contributed by atoms with Gasteiger partial charge in [-0.05, 0) is 82.6 Å². The van der Waals surface area contributed by atoms with Gasteiger partial charge in [0.05, 0.1) is 13.7 Å². The molecule has 0 radical (unpaired) electrons. The van der Waals surface area contributed by atoms with Gasteiger partial charge >= 0.3 is 0 Å². The number of halogens is 1. The van der Waals surface area contributed by atoms with E-state index < -0.39 is 11.7 Å². The van der Waals surface area contributed by atoms with Crippen LogP contribution in [0.5, 0.6) is 23.1 Å². The number of nitrogens with zero attached hydrogens (tertiary/aromatic N) is 4. The Bertz CT molecular complexity index is 1830. The molecule has 0 unspecified atom stereocenters. The monoisotopic (exact) mass is 699 g/mol. The Labute approximate surface area is 298 Å². The number of amides is 2. The van der Waals surface area contributed by atoms with Gasteiger partial charge in [0.15, 0.2) is 23.1 Å². The Morgan fingerprint density at radius 3 is 2.35 bits per heavy atom. The molecule has 51 heavy (non-hydrogen) atoms. The van der Waals surface area contributed by atoms with Crippen molar-refractivity contribution in [2.24, 2.45) is 0 Å². The van der Waals surface area contributed by atoms with Crippen LogP contribution in [0.1, 0.15) is 52.1 Å². The molecule has 3 aromatic carbocycles. The van der Waals surface area contributed by atoms with Crippen molar-refractivity contribution < 1.29 is 28.2 Å². The van der Waals surface area contributed by atoms with E-state index in [4.69, 9.17) is 14.2 Å².